The molecule has 0 saturated carbocycles. The smallest absolute Gasteiger partial charge is 0.223 e. The van der Waals surface area contributed by atoms with Gasteiger partial charge in [0.1, 0.15) is 0 Å². The normalized spacial score (nSPS) is 18.4. The highest BCUT2D eigenvalue weighted by molar-refractivity contribution is 5.76. The summed E-state index contributed by atoms with van der Waals surface area (Å²) in [6.07, 6.45) is 12.3. The van der Waals surface area contributed by atoms with E-state index in [2.05, 4.69) is 24.3 Å². The molecule has 1 aromatic rings. The molecule has 0 unspecified atom stereocenters. The van der Waals surface area contributed by atoms with Crippen molar-refractivity contribution in [1.29, 1.82) is 0 Å². The van der Waals surface area contributed by atoms with Crippen molar-refractivity contribution in [3.63, 3.8) is 0 Å². The van der Waals surface area contributed by atoms with Crippen LogP contribution in [0.15, 0.2) is 42.5 Å². The lowest BCUT2D eigenvalue weighted by Gasteiger charge is -2.22. The zero-order valence-electron chi connectivity index (χ0n) is 12.3. The quantitative estimate of drug-likeness (QED) is 0.734. The number of nitrogens with zero attached hydrogens (tertiary/aromatic N) is 1. The fourth-order valence-electron chi connectivity index (χ4n) is 2.60. The van der Waals surface area contributed by atoms with Gasteiger partial charge in [-0.25, -0.2) is 0 Å². The van der Waals surface area contributed by atoms with Crippen LogP contribution in [0.25, 0.3) is 0 Å². The van der Waals surface area contributed by atoms with E-state index >= 15 is 0 Å². The van der Waals surface area contributed by atoms with Crippen LogP contribution < -0.4 is 0 Å². The third kappa shape index (κ3) is 5.20. The number of carbonyl (C=O) groups is 1. The van der Waals surface area contributed by atoms with Crippen molar-refractivity contribution in [2.45, 2.75) is 51.5 Å². The Morgan fingerprint density at radius 3 is 2.50 bits per heavy atom. The summed E-state index contributed by atoms with van der Waals surface area (Å²) < 4.78 is 0. The molecule has 0 spiro atoms. The summed E-state index contributed by atoms with van der Waals surface area (Å²) >= 11 is 0. The van der Waals surface area contributed by atoms with Gasteiger partial charge < -0.3 is 4.90 Å². The average Bonchev–Trinajstić information content (AvgIpc) is 2.47. The first kappa shape index (κ1) is 14.8. The van der Waals surface area contributed by atoms with E-state index in [1.165, 1.54) is 31.2 Å². The van der Waals surface area contributed by atoms with Crippen molar-refractivity contribution in [3.05, 3.63) is 48.0 Å². The SMILES string of the molecule is O=C1CCCCCCCC=CCN1Cc1ccccc1. The Balaban J connectivity index is 1.98. The molecule has 2 rings (SSSR count). The average molecular weight is 271 g/mol. The molecule has 0 atom stereocenters. The zero-order chi connectivity index (χ0) is 14.0. The summed E-state index contributed by atoms with van der Waals surface area (Å²) in [6.45, 7) is 1.47. The first-order valence-electron chi connectivity index (χ1n) is 7.83. The minimum absolute atomic E-state index is 0.291. The third-order valence-electron chi connectivity index (χ3n) is 3.82. The van der Waals surface area contributed by atoms with Gasteiger partial charge in [-0.1, -0.05) is 61.7 Å². The second kappa shape index (κ2) is 8.57. The van der Waals surface area contributed by atoms with Crippen molar-refractivity contribution in [1.82, 2.24) is 4.90 Å². The second-order valence-electron chi connectivity index (χ2n) is 5.54. The predicted octanol–water partition coefficient (Wildman–Crippen LogP) is 4.32. The number of hydrogen-bond donors (Lipinski definition) is 0. The molecule has 20 heavy (non-hydrogen) atoms. The van der Waals surface area contributed by atoms with E-state index in [1.807, 2.05) is 23.1 Å². The van der Waals surface area contributed by atoms with Crippen LogP contribution in [0.2, 0.25) is 0 Å². The molecule has 108 valence electrons. The number of carbonyl (C=O) groups excluding carboxylic acids is 1. The maximum atomic E-state index is 12.3. The van der Waals surface area contributed by atoms with E-state index in [4.69, 9.17) is 0 Å². The van der Waals surface area contributed by atoms with Crippen molar-refractivity contribution in [2.24, 2.45) is 0 Å². The zero-order valence-corrected chi connectivity index (χ0v) is 12.3. The van der Waals surface area contributed by atoms with Crippen LogP contribution in [-0.4, -0.2) is 17.4 Å². The molecule has 1 aromatic carbocycles. The van der Waals surface area contributed by atoms with Gasteiger partial charge in [-0.3, -0.25) is 4.79 Å². The van der Waals surface area contributed by atoms with Gasteiger partial charge in [0, 0.05) is 19.5 Å². The molecule has 0 radical (unpaired) electrons. The molecule has 1 amide bonds. The Morgan fingerprint density at radius 2 is 1.65 bits per heavy atom. The van der Waals surface area contributed by atoms with E-state index < -0.39 is 0 Å². The third-order valence-corrected chi connectivity index (χ3v) is 3.82. The molecule has 1 aliphatic heterocycles. The fourth-order valence-corrected chi connectivity index (χ4v) is 2.60. The van der Waals surface area contributed by atoms with Crippen molar-refractivity contribution in [2.75, 3.05) is 6.54 Å². The summed E-state index contributed by atoms with van der Waals surface area (Å²) in [5, 5.41) is 0. The van der Waals surface area contributed by atoms with Gasteiger partial charge in [-0.2, -0.15) is 0 Å². The number of rotatable bonds is 2. The molecule has 0 fully saturated rings. The minimum Gasteiger partial charge on any atom is -0.335 e. The molecule has 0 N–H and O–H groups in total. The molecule has 2 nitrogen and oxygen atoms in total. The van der Waals surface area contributed by atoms with E-state index in [0.29, 0.717) is 12.3 Å². The lowest BCUT2D eigenvalue weighted by Crippen LogP contribution is -2.30. The van der Waals surface area contributed by atoms with Gasteiger partial charge in [-0.15, -0.1) is 0 Å². The van der Waals surface area contributed by atoms with Crippen molar-refractivity contribution >= 4 is 5.91 Å². The highest BCUT2D eigenvalue weighted by Crippen LogP contribution is 2.12. The van der Waals surface area contributed by atoms with E-state index in [1.54, 1.807) is 0 Å². The first-order valence-corrected chi connectivity index (χ1v) is 7.83. The maximum Gasteiger partial charge on any atom is 0.223 e. The number of amides is 1. The van der Waals surface area contributed by atoms with Gasteiger partial charge in [0.05, 0.1) is 0 Å². The largest absolute Gasteiger partial charge is 0.335 e. The topological polar surface area (TPSA) is 20.3 Å². The number of allylic oxidation sites excluding steroid dienone is 1. The van der Waals surface area contributed by atoms with Gasteiger partial charge in [0.15, 0.2) is 0 Å². The van der Waals surface area contributed by atoms with Crippen LogP contribution >= 0.6 is 0 Å². The lowest BCUT2D eigenvalue weighted by molar-refractivity contribution is -0.131. The van der Waals surface area contributed by atoms with Gasteiger partial charge in [0.2, 0.25) is 5.91 Å². The number of benzene rings is 1. The van der Waals surface area contributed by atoms with Crippen LogP contribution in [0, 0.1) is 0 Å². The summed E-state index contributed by atoms with van der Waals surface area (Å²) in [5.74, 6) is 0.291. The van der Waals surface area contributed by atoms with Crippen LogP contribution in [0.1, 0.15) is 50.5 Å². The molecule has 0 aromatic heterocycles. The predicted molar refractivity (Wildman–Crippen MR) is 83.3 cm³/mol. The van der Waals surface area contributed by atoms with Gasteiger partial charge in [-0.05, 0) is 24.8 Å². The molecule has 1 aliphatic rings. The Hall–Kier alpha value is -1.57. The standard InChI is InChI=1S/C18H25NO/c20-18-14-10-5-3-1-2-4-6-11-15-19(18)16-17-12-8-7-9-13-17/h6-9,11-13H,1-5,10,14-16H2. The van der Waals surface area contributed by atoms with Crippen LogP contribution in [0.5, 0.6) is 0 Å². The maximum absolute atomic E-state index is 12.3. The van der Waals surface area contributed by atoms with Gasteiger partial charge >= 0.3 is 0 Å². The molecular formula is C18H25NO. The Kier molecular flexibility index (Phi) is 6.36. The van der Waals surface area contributed by atoms with Crippen LogP contribution in [-0.2, 0) is 11.3 Å². The summed E-state index contributed by atoms with van der Waals surface area (Å²) in [4.78, 5) is 14.3. The highest BCUT2D eigenvalue weighted by atomic mass is 16.2. The summed E-state index contributed by atoms with van der Waals surface area (Å²) in [7, 11) is 0. The highest BCUT2D eigenvalue weighted by Gasteiger charge is 2.12. The molecule has 1 heterocycles. The molecular weight excluding hydrogens is 246 g/mol. The Morgan fingerprint density at radius 1 is 0.900 bits per heavy atom. The van der Waals surface area contributed by atoms with Crippen molar-refractivity contribution in [3.8, 4) is 0 Å². The summed E-state index contributed by atoms with van der Waals surface area (Å²) in [5.41, 5.74) is 1.21. The molecule has 0 saturated heterocycles. The first-order chi connectivity index (χ1) is 9.86. The monoisotopic (exact) mass is 271 g/mol. The second-order valence-corrected chi connectivity index (χ2v) is 5.54. The number of hydrogen-bond acceptors (Lipinski definition) is 1. The van der Waals surface area contributed by atoms with Crippen molar-refractivity contribution < 1.29 is 4.79 Å². The van der Waals surface area contributed by atoms with Gasteiger partial charge in [0.25, 0.3) is 0 Å². The van der Waals surface area contributed by atoms with Crippen LogP contribution in [0.3, 0.4) is 0 Å². The van der Waals surface area contributed by atoms with E-state index in [-0.39, 0.29) is 0 Å². The Bertz CT molecular complexity index is 424. The molecule has 2 heteroatoms. The minimum atomic E-state index is 0.291. The Labute approximate surface area is 122 Å². The lowest BCUT2D eigenvalue weighted by atomic mass is 10.1. The fraction of sp³-hybridized carbons (Fsp3) is 0.500. The summed E-state index contributed by atoms with van der Waals surface area (Å²) in [6, 6.07) is 10.3. The molecule has 0 bridgehead atoms. The molecule has 0 aliphatic carbocycles. The van der Waals surface area contributed by atoms with Crippen LogP contribution in [0.4, 0.5) is 0 Å². The van der Waals surface area contributed by atoms with E-state index in [0.717, 1.165) is 25.9 Å². The van der Waals surface area contributed by atoms with E-state index in [9.17, 15) is 4.79 Å².